The zero-order valence-electron chi connectivity index (χ0n) is 11.7. The number of rotatable bonds is 3. The molecule has 0 saturated carbocycles. The third-order valence-corrected chi connectivity index (χ3v) is 4.76. The highest BCUT2D eigenvalue weighted by Crippen LogP contribution is 2.28. The molecule has 3 aromatic rings. The number of hydrogen-bond acceptors (Lipinski definition) is 3. The summed E-state index contributed by atoms with van der Waals surface area (Å²) in [4.78, 5) is 4.54. The predicted molar refractivity (Wildman–Crippen MR) is 90.5 cm³/mol. The zero-order valence-corrected chi connectivity index (χ0v) is 14.1. The summed E-state index contributed by atoms with van der Waals surface area (Å²) in [6.07, 6.45) is 0. The summed E-state index contributed by atoms with van der Waals surface area (Å²) in [7, 11) is 0. The van der Waals surface area contributed by atoms with Gasteiger partial charge in [-0.1, -0.05) is 39.4 Å². The van der Waals surface area contributed by atoms with Gasteiger partial charge in [0.15, 0.2) is 5.13 Å². The van der Waals surface area contributed by atoms with E-state index in [9.17, 15) is 4.39 Å². The van der Waals surface area contributed by atoms with Crippen LogP contribution in [0.1, 0.15) is 16.7 Å². The van der Waals surface area contributed by atoms with Crippen molar-refractivity contribution in [1.29, 1.82) is 0 Å². The SMILES string of the molecule is Cc1cc(CNc2nc3ccc(Br)cc3s2)cc(C)c1F. The van der Waals surface area contributed by atoms with Crippen LogP contribution in [0.3, 0.4) is 0 Å². The molecule has 0 amide bonds. The summed E-state index contributed by atoms with van der Waals surface area (Å²) in [6, 6.07) is 9.79. The van der Waals surface area contributed by atoms with Gasteiger partial charge in [-0.2, -0.15) is 0 Å². The van der Waals surface area contributed by atoms with Crippen LogP contribution in [-0.4, -0.2) is 4.98 Å². The molecule has 2 nitrogen and oxygen atoms in total. The van der Waals surface area contributed by atoms with Crippen molar-refractivity contribution in [2.45, 2.75) is 20.4 Å². The summed E-state index contributed by atoms with van der Waals surface area (Å²) >= 11 is 5.08. The summed E-state index contributed by atoms with van der Waals surface area (Å²) in [5, 5.41) is 4.19. The topological polar surface area (TPSA) is 24.9 Å². The maximum atomic E-state index is 13.6. The van der Waals surface area contributed by atoms with Crippen molar-refractivity contribution in [3.05, 3.63) is 57.3 Å². The fourth-order valence-corrected chi connectivity index (χ4v) is 3.70. The number of thiazole rings is 1. The number of aryl methyl sites for hydroxylation is 2. The number of aromatic nitrogens is 1. The molecule has 0 spiro atoms. The molecule has 21 heavy (non-hydrogen) atoms. The molecule has 0 aliphatic carbocycles. The van der Waals surface area contributed by atoms with E-state index in [1.807, 2.05) is 24.3 Å². The quantitative estimate of drug-likeness (QED) is 0.670. The van der Waals surface area contributed by atoms with E-state index in [1.54, 1.807) is 25.2 Å². The van der Waals surface area contributed by atoms with E-state index >= 15 is 0 Å². The summed E-state index contributed by atoms with van der Waals surface area (Å²) in [5.74, 6) is -0.122. The van der Waals surface area contributed by atoms with Crippen LogP contribution in [0.5, 0.6) is 0 Å². The molecule has 1 aromatic heterocycles. The standard InChI is InChI=1S/C16H14BrFN2S/c1-9-5-11(6-10(2)15(9)18)8-19-16-20-13-4-3-12(17)7-14(13)21-16/h3-7H,8H2,1-2H3,(H,19,20). The Balaban J connectivity index is 1.80. The number of fused-ring (bicyclic) bond motifs is 1. The lowest BCUT2D eigenvalue weighted by atomic mass is 10.1. The van der Waals surface area contributed by atoms with Gasteiger partial charge in [-0.25, -0.2) is 9.37 Å². The first-order valence-electron chi connectivity index (χ1n) is 6.58. The third kappa shape index (κ3) is 3.09. The number of nitrogens with zero attached hydrogens (tertiary/aromatic N) is 1. The van der Waals surface area contributed by atoms with E-state index in [0.29, 0.717) is 17.7 Å². The number of nitrogens with one attached hydrogen (secondary N) is 1. The van der Waals surface area contributed by atoms with Crippen molar-refractivity contribution in [3.63, 3.8) is 0 Å². The molecular weight excluding hydrogens is 351 g/mol. The van der Waals surface area contributed by atoms with E-state index in [2.05, 4.69) is 32.3 Å². The summed E-state index contributed by atoms with van der Waals surface area (Å²) < 4.78 is 15.8. The minimum atomic E-state index is -0.122. The van der Waals surface area contributed by atoms with Crippen molar-refractivity contribution in [2.24, 2.45) is 0 Å². The van der Waals surface area contributed by atoms with Crippen molar-refractivity contribution >= 4 is 42.6 Å². The Hall–Kier alpha value is -1.46. The number of anilines is 1. The van der Waals surface area contributed by atoms with Crippen molar-refractivity contribution < 1.29 is 4.39 Å². The van der Waals surface area contributed by atoms with Gasteiger partial charge < -0.3 is 5.32 Å². The Morgan fingerprint density at radius 3 is 2.62 bits per heavy atom. The van der Waals surface area contributed by atoms with E-state index in [0.717, 1.165) is 25.4 Å². The van der Waals surface area contributed by atoms with E-state index in [4.69, 9.17) is 0 Å². The maximum Gasteiger partial charge on any atom is 0.184 e. The molecule has 1 heterocycles. The molecule has 0 aliphatic heterocycles. The number of halogens is 2. The fourth-order valence-electron chi connectivity index (χ4n) is 2.29. The second-order valence-corrected chi connectivity index (χ2v) is 6.97. The van der Waals surface area contributed by atoms with Crippen molar-refractivity contribution in [3.8, 4) is 0 Å². The predicted octanol–water partition coefficient (Wildman–Crippen LogP) is 5.43. The molecule has 0 saturated heterocycles. The molecule has 0 fully saturated rings. The lowest BCUT2D eigenvalue weighted by Gasteiger charge is -2.07. The Kier molecular flexibility index (Phi) is 3.95. The molecule has 0 atom stereocenters. The van der Waals surface area contributed by atoms with Crippen LogP contribution < -0.4 is 5.32 Å². The Labute approximate surface area is 135 Å². The van der Waals surface area contributed by atoms with E-state index in [-0.39, 0.29) is 5.82 Å². The minimum Gasteiger partial charge on any atom is -0.357 e. The van der Waals surface area contributed by atoms with Gasteiger partial charge in [0, 0.05) is 11.0 Å². The van der Waals surface area contributed by atoms with E-state index in [1.165, 1.54) is 0 Å². The highest BCUT2D eigenvalue weighted by atomic mass is 79.9. The second-order valence-electron chi connectivity index (χ2n) is 5.03. The molecule has 2 aromatic carbocycles. The first-order valence-corrected chi connectivity index (χ1v) is 8.19. The van der Waals surface area contributed by atoms with Gasteiger partial charge in [0.2, 0.25) is 0 Å². The van der Waals surface area contributed by atoms with Crippen molar-refractivity contribution in [1.82, 2.24) is 4.98 Å². The average molecular weight is 365 g/mol. The van der Waals surface area contributed by atoms with Crippen molar-refractivity contribution in [2.75, 3.05) is 5.32 Å². The number of benzene rings is 2. The van der Waals surface area contributed by atoms with Crippen LogP contribution >= 0.6 is 27.3 Å². The smallest absolute Gasteiger partial charge is 0.184 e. The fraction of sp³-hybridized carbons (Fsp3) is 0.188. The number of hydrogen-bond donors (Lipinski definition) is 1. The van der Waals surface area contributed by atoms with Gasteiger partial charge in [0.25, 0.3) is 0 Å². The molecule has 0 unspecified atom stereocenters. The average Bonchev–Trinajstić information content (AvgIpc) is 2.84. The highest BCUT2D eigenvalue weighted by Gasteiger charge is 2.06. The molecule has 3 rings (SSSR count). The van der Waals surface area contributed by atoms with Gasteiger partial charge >= 0.3 is 0 Å². The van der Waals surface area contributed by atoms with Gasteiger partial charge in [0.1, 0.15) is 5.82 Å². The van der Waals surface area contributed by atoms with Crippen LogP contribution in [0.2, 0.25) is 0 Å². The summed E-state index contributed by atoms with van der Waals surface area (Å²) in [5.41, 5.74) is 3.41. The van der Waals surface area contributed by atoms with Crippen LogP contribution in [0, 0.1) is 19.7 Å². The van der Waals surface area contributed by atoms with Crippen LogP contribution in [0.25, 0.3) is 10.2 Å². The molecule has 0 bridgehead atoms. The minimum absolute atomic E-state index is 0.122. The molecule has 108 valence electrons. The van der Waals surface area contributed by atoms with Crippen LogP contribution in [0.4, 0.5) is 9.52 Å². The first kappa shape index (κ1) is 14.5. The Morgan fingerprint density at radius 1 is 1.19 bits per heavy atom. The largest absolute Gasteiger partial charge is 0.357 e. The van der Waals surface area contributed by atoms with E-state index < -0.39 is 0 Å². The molecule has 0 aliphatic rings. The Morgan fingerprint density at radius 2 is 1.90 bits per heavy atom. The van der Waals surface area contributed by atoms with Crippen LogP contribution in [0.15, 0.2) is 34.8 Å². The van der Waals surface area contributed by atoms with Gasteiger partial charge in [-0.05, 0) is 48.7 Å². The molecule has 1 N–H and O–H groups in total. The van der Waals surface area contributed by atoms with Gasteiger partial charge in [-0.3, -0.25) is 0 Å². The first-order chi connectivity index (χ1) is 10.0. The zero-order chi connectivity index (χ0) is 15.0. The van der Waals surface area contributed by atoms with Gasteiger partial charge in [-0.15, -0.1) is 0 Å². The van der Waals surface area contributed by atoms with Gasteiger partial charge in [0.05, 0.1) is 10.2 Å². The summed E-state index contributed by atoms with van der Waals surface area (Å²) in [6.45, 7) is 4.23. The monoisotopic (exact) mass is 364 g/mol. The normalized spacial score (nSPS) is 11.0. The molecular formula is C16H14BrFN2S. The Bertz CT molecular complexity index is 790. The highest BCUT2D eigenvalue weighted by molar-refractivity contribution is 9.10. The molecule has 5 heteroatoms. The maximum absolute atomic E-state index is 13.6. The van der Waals surface area contributed by atoms with Crippen LogP contribution in [-0.2, 0) is 6.54 Å². The second kappa shape index (κ2) is 5.73. The lowest BCUT2D eigenvalue weighted by molar-refractivity contribution is 0.608. The lowest BCUT2D eigenvalue weighted by Crippen LogP contribution is -2.01. The third-order valence-electron chi connectivity index (χ3n) is 3.29. The molecule has 0 radical (unpaired) electrons.